The van der Waals surface area contributed by atoms with Crippen LogP contribution >= 0.6 is 11.6 Å². The average molecular weight is 642 g/mol. The normalized spacial score (nSPS) is 17.3. The number of halogens is 5. The Morgan fingerprint density at radius 3 is 2.64 bits per heavy atom. The van der Waals surface area contributed by atoms with Gasteiger partial charge in [-0.05, 0) is 43.2 Å². The van der Waals surface area contributed by atoms with E-state index < -0.39 is 35.0 Å². The van der Waals surface area contributed by atoms with Gasteiger partial charge < -0.3 is 5.32 Å². The van der Waals surface area contributed by atoms with Crippen molar-refractivity contribution in [2.45, 2.75) is 38.4 Å². The van der Waals surface area contributed by atoms with E-state index in [0.717, 1.165) is 9.25 Å². The fourth-order valence-electron chi connectivity index (χ4n) is 5.35. The van der Waals surface area contributed by atoms with Gasteiger partial charge in [0.1, 0.15) is 5.69 Å². The molecule has 1 aliphatic heterocycles. The number of hydrogen-bond acceptors (Lipinski definition) is 7. The van der Waals surface area contributed by atoms with Crippen LogP contribution in [0.4, 0.5) is 23.2 Å². The maximum Gasteiger partial charge on any atom is 0.436 e. The van der Waals surface area contributed by atoms with Gasteiger partial charge >= 0.3 is 6.18 Å². The number of anilines is 1. The lowest BCUT2D eigenvalue weighted by molar-refractivity contribution is -0.141. The van der Waals surface area contributed by atoms with Crippen LogP contribution in [0.3, 0.4) is 0 Å². The van der Waals surface area contributed by atoms with Crippen LogP contribution in [-0.2, 0) is 18.0 Å². The minimum absolute atomic E-state index is 0.0226. The van der Waals surface area contributed by atoms with Crippen molar-refractivity contribution in [2.24, 2.45) is 13.0 Å². The molecule has 1 N–H and O–H groups in total. The van der Waals surface area contributed by atoms with Gasteiger partial charge in [0.05, 0.1) is 47.5 Å². The number of aryl methyl sites for hydroxylation is 1. The summed E-state index contributed by atoms with van der Waals surface area (Å²) in [4.78, 5) is 35.3. The summed E-state index contributed by atoms with van der Waals surface area (Å²) in [5.74, 6) is -1.80. The summed E-state index contributed by atoms with van der Waals surface area (Å²) < 4.78 is 59.2. The van der Waals surface area contributed by atoms with E-state index in [2.05, 4.69) is 30.7 Å². The van der Waals surface area contributed by atoms with Crippen LogP contribution in [0, 0.1) is 11.7 Å². The van der Waals surface area contributed by atoms with Crippen molar-refractivity contribution in [3.05, 3.63) is 87.8 Å². The van der Waals surface area contributed by atoms with Gasteiger partial charge in [0.15, 0.2) is 5.69 Å². The third-order valence-electron chi connectivity index (χ3n) is 7.68. The van der Waals surface area contributed by atoms with Crippen LogP contribution in [0.5, 0.6) is 0 Å². The molecule has 6 rings (SSSR count). The number of benzene rings is 1. The minimum atomic E-state index is -4.76. The van der Waals surface area contributed by atoms with E-state index in [1.54, 1.807) is 43.2 Å². The number of hydrogen-bond donors (Lipinski definition) is 1. The molecule has 4 aromatic heterocycles. The van der Waals surface area contributed by atoms with Crippen LogP contribution in [0.15, 0.2) is 60.0 Å². The topological polar surface area (TPSA) is 125 Å². The van der Waals surface area contributed by atoms with Crippen LogP contribution in [0.25, 0.3) is 28.2 Å². The Morgan fingerprint density at radius 1 is 1.09 bits per heavy atom. The highest BCUT2D eigenvalue weighted by Gasteiger charge is 2.35. The lowest BCUT2D eigenvalue weighted by Crippen LogP contribution is -2.30. The summed E-state index contributed by atoms with van der Waals surface area (Å²) in [6, 6.07) is 6.71. The number of aromatic nitrogens is 8. The van der Waals surface area contributed by atoms with Crippen molar-refractivity contribution in [1.82, 2.24) is 39.3 Å². The molecule has 0 spiro atoms. The second-order valence-electron chi connectivity index (χ2n) is 10.7. The zero-order chi connectivity index (χ0) is 32.0. The highest BCUT2D eigenvalue weighted by Crippen LogP contribution is 2.34. The fourth-order valence-corrected chi connectivity index (χ4v) is 5.52. The zero-order valence-electron chi connectivity index (χ0n) is 23.8. The molecular weight excluding hydrogens is 618 g/mol. The zero-order valence-corrected chi connectivity index (χ0v) is 24.5. The summed E-state index contributed by atoms with van der Waals surface area (Å²) in [6.07, 6.45) is 1.46. The molecule has 16 heteroatoms. The van der Waals surface area contributed by atoms with Gasteiger partial charge in [-0.3, -0.25) is 23.8 Å². The second-order valence-corrected chi connectivity index (χ2v) is 11.1. The van der Waals surface area contributed by atoms with Gasteiger partial charge in [-0.1, -0.05) is 30.2 Å². The van der Waals surface area contributed by atoms with Crippen molar-refractivity contribution in [1.29, 1.82) is 0 Å². The van der Waals surface area contributed by atoms with Gasteiger partial charge in [0.2, 0.25) is 11.7 Å². The maximum absolute atomic E-state index is 16.0. The van der Waals surface area contributed by atoms with Gasteiger partial charge in [-0.25, -0.2) is 9.67 Å². The highest BCUT2D eigenvalue weighted by molar-refractivity contribution is 6.31. The summed E-state index contributed by atoms with van der Waals surface area (Å²) in [5.41, 5.74) is -0.535. The Hall–Kier alpha value is -4.92. The standard InChI is InChI=1S/C29H24ClF4N9O2/c1-15-4-3-5-22(19-10-16(8-9-35-19)26-20(38-27(15)44)12-37-41(26)2)42-14-36-25(24(31)28(42)45)18-11-17(30)6-7-21(18)43-13-23(39-40-43)29(32,33)34/h6-15,22H,3-5H2,1-2H3,(H,38,44). The van der Waals surface area contributed by atoms with Crippen LogP contribution in [-0.4, -0.2) is 45.2 Å². The van der Waals surface area contributed by atoms with Crippen LogP contribution < -0.4 is 10.9 Å². The summed E-state index contributed by atoms with van der Waals surface area (Å²) in [5, 5.41) is 14.0. The van der Waals surface area contributed by atoms with E-state index in [0.29, 0.717) is 48.1 Å². The lowest BCUT2D eigenvalue weighted by Gasteiger charge is -2.22. The Balaban J connectivity index is 1.46. The average Bonchev–Trinajstić information content (AvgIpc) is 3.64. The Bertz CT molecular complexity index is 1980. The number of nitrogens with one attached hydrogen (secondary N) is 1. The van der Waals surface area contributed by atoms with Crippen LogP contribution in [0.2, 0.25) is 5.02 Å². The van der Waals surface area contributed by atoms with E-state index in [9.17, 15) is 22.8 Å². The number of carbonyl (C=O) groups excluding carboxylic acids is 1. The molecule has 1 amide bonds. The van der Waals surface area contributed by atoms with Crippen molar-refractivity contribution in [3.63, 3.8) is 0 Å². The van der Waals surface area contributed by atoms with Crippen LogP contribution in [0.1, 0.15) is 43.6 Å². The van der Waals surface area contributed by atoms with E-state index >= 15 is 4.39 Å². The SMILES string of the molecule is CC1CCCC(n2cnc(-c3cc(Cl)ccc3-n3cc(C(F)(F)F)nn3)c(F)c2=O)c2cc(ccn2)-c2c(cnn2C)NC1=O. The molecule has 232 valence electrons. The Morgan fingerprint density at radius 2 is 1.89 bits per heavy atom. The number of pyridine rings is 1. The number of rotatable bonds is 3. The third-order valence-corrected chi connectivity index (χ3v) is 7.91. The molecule has 0 radical (unpaired) electrons. The molecule has 0 aliphatic carbocycles. The van der Waals surface area contributed by atoms with Gasteiger partial charge in [0.25, 0.3) is 5.56 Å². The fraction of sp³-hybridized carbons (Fsp3) is 0.276. The van der Waals surface area contributed by atoms with Gasteiger partial charge in [0, 0.05) is 35.3 Å². The molecule has 0 fully saturated rings. The van der Waals surface area contributed by atoms with E-state index in [-0.39, 0.29) is 28.1 Å². The molecule has 0 saturated heterocycles. The summed E-state index contributed by atoms with van der Waals surface area (Å²) in [7, 11) is 1.73. The molecule has 5 aromatic rings. The van der Waals surface area contributed by atoms with Gasteiger partial charge in [-0.15, -0.1) is 5.10 Å². The maximum atomic E-state index is 16.0. The van der Waals surface area contributed by atoms with Crippen molar-refractivity contribution >= 4 is 23.2 Å². The number of alkyl halides is 3. The highest BCUT2D eigenvalue weighted by atomic mass is 35.5. The quantitative estimate of drug-likeness (QED) is 0.260. The molecule has 45 heavy (non-hydrogen) atoms. The smallest absolute Gasteiger partial charge is 0.323 e. The molecule has 11 nitrogen and oxygen atoms in total. The molecule has 1 aliphatic rings. The molecule has 2 unspecified atom stereocenters. The first-order valence-electron chi connectivity index (χ1n) is 13.8. The lowest BCUT2D eigenvalue weighted by atomic mass is 9.97. The number of fused-ring (bicyclic) bond motifs is 4. The molecule has 5 heterocycles. The predicted molar refractivity (Wildman–Crippen MR) is 155 cm³/mol. The Labute approximate surface area is 257 Å². The number of amides is 1. The van der Waals surface area contributed by atoms with Gasteiger partial charge in [-0.2, -0.15) is 22.7 Å². The molecular formula is C29H24ClF4N9O2. The number of carbonyl (C=O) groups is 1. The summed E-state index contributed by atoms with van der Waals surface area (Å²) in [6.45, 7) is 1.79. The molecule has 2 bridgehead atoms. The first-order valence-corrected chi connectivity index (χ1v) is 14.2. The van der Waals surface area contributed by atoms with E-state index in [4.69, 9.17) is 11.6 Å². The monoisotopic (exact) mass is 641 g/mol. The van der Waals surface area contributed by atoms with Crippen molar-refractivity contribution in [2.75, 3.05) is 5.32 Å². The number of nitrogens with zero attached hydrogens (tertiary/aromatic N) is 8. The summed E-state index contributed by atoms with van der Waals surface area (Å²) >= 11 is 6.16. The predicted octanol–water partition coefficient (Wildman–Crippen LogP) is 5.45. The minimum Gasteiger partial charge on any atom is -0.323 e. The van der Waals surface area contributed by atoms with E-state index in [1.165, 1.54) is 24.5 Å². The first-order chi connectivity index (χ1) is 21.4. The third kappa shape index (κ3) is 5.70. The van der Waals surface area contributed by atoms with E-state index in [1.807, 2.05) is 0 Å². The first kappa shape index (κ1) is 30.1. The Kier molecular flexibility index (Phi) is 7.72. The second kappa shape index (κ2) is 11.5. The van der Waals surface area contributed by atoms with Crippen molar-refractivity contribution in [3.8, 4) is 28.2 Å². The molecule has 2 atom stereocenters. The largest absolute Gasteiger partial charge is 0.436 e. The molecule has 1 aromatic carbocycles. The van der Waals surface area contributed by atoms with Crippen molar-refractivity contribution < 1.29 is 22.4 Å². The molecule has 0 saturated carbocycles.